The van der Waals surface area contributed by atoms with Crippen molar-refractivity contribution in [3.8, 4) is 0 Å². The van der Waals surface area contributed by atoms with E-state index in [-0.39, 0.29) is 11.6 Å². The molecule has 0 aromatic rings. The lowest BCUT2D eigenvalue weighted by atomic mass is 10.1. The normalized spacial score (nSPS) is 22.8. The number of urea groups is 1. The van der Waals surface area contributed by atoms with Gasteiger partial charge in [0.05, 0.1) is 0 Å². The highest BCUT2D eigenvalue weighted by molar-refractivity contribution is 5.74. The van der Waals surface area contributed by atoms with Crippen LogP contribution in [0.4, 0.5) is 4.79 Å². The van der Waals surface area contributed by atoms with Crippen LogP contribution in [0.5, 0.6) is 0 Å². The Morgan fingerprint density at radius 2 is 2.13 bits per heavy atom. The summed E-state index contributed by atoms with van der Waals surface area (Å²) in [5.74, 6) is 0.612. The smallest absolute Gasteiger partial charge is 0.315 e. The number of hydrogen-bond donors (Lipinski definition) is 2. The van der Waals surface area contributed by atoms with Crippen molar-refractivity contribution in [2.45, 2.75) is 32.7 Å². The lowest BCUT2D eigenvalue weighted by molar-refractivity contribution is 0.230. The average Bonchev–Trinajstić information content (AvgIpc) is 2.45. The summed E-state index contributed by atoms with van der Waals surface area (Å²) in [6.07, 6.45) is 1.19. The van der Waals surface area contributed by atoms with Gasteiger partial charge in [-0.1, -0.05) is 0 Å². The molecule has 4 heteroatoms. The minimum absolute atomic E-state index is 0.0583. The van der Waals surface area contributed by atoms with E-state index in [1.165, 1.54) is 6.42 Å². The Bertz CT molecular complexity index is 222. The van der Waals surface area contributed by atoms with Gasteiger partial charge in [0, 0.05) is 18.6 Å². The Hall–Kier alpha value is -0.770. The highest BCUT2D eigenvalue weighted by atomic mass is 16.2. The molecule has 0 spiro atoms. The number of amides is 2. The Kier molecular flexibility index (Phi) is 3.97. The van der Waals surface area contributed by atoms with E-state index in [2.05, 4.69) is 22.6 Å². The van der Waals surface area contributed by atoms with E-state index in [0.29, 0.717) is 5.92 Å². The van der Waals surface area contributed by atoms with Crippen LogP contribution in [0.3, 0.4) is 0 Å². The quantitative estimate of drug-likeness (QED) is 0.720. The number of nitrogens with one attached hydrogen (secondary N) is 2. The van der Waals surface area contributed by atoms with Crippen molar-refractivity contribution in [1.82, 2.24) is 15.5 Å². The SMILES string of the molecule is CN1CCC(CNC(=O)NC(C)(C)C)C1. The second-order valence-corrected chi connectivity index (χ2v) is 5.50. The molecule has 1 fully saturated rings. The third kappa shape index (κ3) is 5.02. The Labute approximate surface area is 92.4 Å². The van der Waals surface area contributed by atoms with Crippen LogP contribution >= 0.6 is 0 Å². The van der Waals surface area contributed by atoms with Crippen molar-refractivity contribution in [1.29, 1.82) is 0 Å². The molecule has 1 aliphatic heterocycles. The van der Waals surface area contributed by atoms with Gasteiger partial charge in [-0.2, -0.15) is 0 Å². The third-order valence-corrected chi connectivity index (χ3v) is 2.53. The van der Waals surface area contributed by atoms with E-state index in [9.17, 15) is 4.79 Å². The lowest BCUT2D eigenvalue weighted by Crippen LogP contribution is -2.47. The minimum Gasteiger partial charge on any atom is -0.338 e. The van der Waals surface area contributed by atoms with Crippen LogP contribution in [0, 0.1) is 5.92 Å². The van der Waals surface area contributed by atoms with Crippen molar-refractivity contribution >= 4 is 6.03 Å². The number of rotatable bonds is 2. The number of hydrogen-bond acceptors (Lipinski definition) is 2. The molecule has 0 saturated carbocycles. The predicted molar refractivity (Wildman–Crippen MR) is 61.9 cm³/mol. The highest BCUT2D eigenvalue weighted by Gasteiger charge is 2.20. The number of nitrogens with zero attached hydrogens (tertiary/aromatic N) is 1. The van der Waals surface area contributed by atoms with Gasteiger partial charge in [-0.25, -0.2) is 4.79 Å². The molecule has 4 nitrogen and oxygen atoms in total. The highest BCUT2D eigenvalue weighted by Crippen LogP contribution is 2.12. The van der Waals surface area contributed by atoms with Crippen LogP contribution < -0.4 is 10.6 Å². The molecule has 1 unspecified atom stereocenters. The zero-order valence-electron chi connectivity index (χ0n) is 10.3. The van der Waals surface area contributed by atoms with Gasteiger partial charge in [0.15, 0.2) is 0 Å². The van der Waals surface area contributed by atoms with Crippen LogP contribution in [-0.2, 0) is 0 Å². The van der Waals surface area contributed by atoms with Crippen LogP contribution in [0.15, 0.2) is 0 Å². The molecule has 1 saturated heterocycles. The zero-order chi connectivity index (χ0) is 11.5. The lowest BCUT2D eigenvalue weighted by Gasteiger charge is -2.21. The van der Waals surface area contributed by atoms with E-state index in [4.69, 9.17) is 0 Å². The van der Waals surface area contributed by atoms with Crippen molar-refractivity contribution in [2.75, 3.05) is 26.7 Å². The summed E-state index contributed by atoms with van der Waals surface area (Å²) < 4.78 is 0. The molecule has 1 aliphatic rings. The van der Waals surface area contributed by atoms with Gasteiger partial charge in [-0.15, -0.1) is 0 Å². The van der Waals surface area contributed by atoms with E-state index in [1.807, 2.05) is 20.8 Å². The average molecular weight is 213 g/mol. The topological polar surface area (TPSA) is 44.4 Å². The first-order valence-electron chi connectivity index (χ1n) is 5.61. The summed E-state index contributed by atoms with van der Waals surface area (Å²) in [6.45, 7) is 8.97. The molecule has 0 radical (unpaired) electrons. The fraction of sp³-hybridized carbons (Fsp3) is 0.909. The Balaban J connectivity index is 2.17. The summed E-state index contributed by atoms with van der Waals surface area (Å²) in [4.78, 5) is 13.8. The van der Waals surface area contributed by atoms with Crippen molar-refractivity contribution in [3.63, 3.8) is 0 Å². The molecule has 0 bridgehead atoms. The van der Waals surface area contributed by atoms with Crippen LogP contribution in [0.25, 0.3) is 0 Å². The molecule has 1 heterocycles. The van der Waals surface area contributed by atoms with E-state index in [1.54, 1.807) is 0 Å². The van der Waals surface area contributed by atoms with Crippen LogP contribution in [0.1, 0.15) is 27.2 Å². The van der Waals surface area contributed by atoms with E-state index >= 15 is 0 Å². The maximum Gasteiger partial charge on any atom is 0.315 e. The molecule has 88 valence electrons. The summed E-state index contributed by atoms with van der Waals surface area (Å²) in [5.41, 5.74) is -0.156. The third-order valence-electron chi connectivity index (χ3n) is 2.53. The molecule has 0 aromatic carbocycles. The van der Waals surface area contributed by atoms with E-state index < -0.39 is 0 Å². The van der Waals surface area contributed by atoms with Crippen LogP contribution in [0.2, 0.25) is 0 Å². The van der Waals surface area contributed by atoms with Gasteiger partial charge in [-0.3, -0.25) is 0 Å². The largest absolute Gasteiger partial charge is 0.338 e. The van der Waals surface area contributed by atoms with Crippen LogP contribution in [-0.4, -0.2) is 43.2 Å². The minimum atomic E-state index is -0.156. The van der Waals surface area contributed by atoms with Crippen molar-refractivity contribution in [3.05, 3.63) is 0 Å². The molecule has 1 rings (SSSR count). The maximum absolute atomic E-state index is 11.5. The first-order valence-corrected chi connectivity index (χ1v) is 5.61. The van der Waals surface area contributed by atoms with Crippen molar-refractivity contribution < 1.29 is 4.79 Å². The molecular weight excluding hydrogens is 190 g/mol. The Morgan fingerprint density at radius 1 is 1.47 bits per heavy atom. The van der Waals surface area contributed by atoms with Gasteiger partial charge >= 0.3 is 6.03 Å². The molecule has 2 N–H and O–H groups in total. The number of carbonyl (C=O) groups is 1. The number of carbonyl (C=O) groups excluding carboxylic acids is 1. The standard InChI is InChI=1S/C11H23N3O/c1-11(2,3)13-10(15)12-7-9-5-6-14(4)8-9/h9H,5-8H2,1-4H3,(H2,12,13,15). The fourth-order valence-electron chi connectivity index (χ4n) is 1.81. The summed E-state index contributed by atoms with van der Waals surface area (Å²) in [6, 6.07) is -0.0583. The summed E-state index contributed by atoms with van der Waals surface area (Å²) >= 11 is 0. The predicted octanol–water partition coefficient (Wildman–Crippen LogP) is 1.04. The maximum atomic E-state index is 11.5. The van der Waals surface area contributed by atoms with Gasteiger partial charge in [0.25, 0.3) is 0 Å². The first kappa shape index (κ1) is 12.3. The van der Waals surface area contributed by atoms with Gasteiger partial charge in [0.2, 0.25) is 0 Å². The summed E-state index contributed by atoms with van der Waals surface area (Å²) in [7, 11) is 2.12. The molecular formula is C11H23N3O. The van der Waals surface area contributed by atoms with Gasteiger partial charge in [-0.05, 0) is 46.7 Å². The monoisotopic (exact) mass is 213 g/mol. The zero-order valence-corrected chi connectivity index (χ0v) is 10.3. The molecule has 15 heavy (non-hydrogen) atoms. The molecule has 0 aliphatic carbocycles. The second-order valence-electron chi connectivity index (χ2n) is 5.50. The fourth-order valence-corrected chi connectivity index (χ4v) is 1.81. The van der Waals surface area contributed by atoms with Gasteiger partial charge in [0.1, 0.15) is 0 Å². The Morgan fingerprint density at radius 3 is 2.60 bits per heavy atom. The molecule has 0 aromatic heterocycles. The van der Waals surface area contributed by atoms with E-state index in [0.717, 1.165) is 19.6 Å². The second kappa shape index (κ2) is 4.84. The first-order chi connectivity index (χ1) is 6.87. The number of likely N-dealkylation sites (tertiary alicyclic amines) is 1. The van der Waals surface area contributed by atoms with Gasteiger partial charge < -0.3 is 15.5 Å². The van der Waals surface area contributed by atoms with Crippen molar-refractivity contribution in [2.24, 2.45) is 5.92 Å². The molecule has 1 atom stereocenters. The molecule has 2 amide bonds. The summed E-state index contributed by atoms with van der Waals surface area (Å²) in [5, 5.41) is 5.82.